The molecule has 1 aliphatic rings. The highest BCUT2D eigenvalue weighted by atomic mass is 31.2. The van der Waals surface area contributed by atoms with Crippen LogP contribution in [0.5, 0.6) is 0 Å². The predicted molar refractivity (Wildman–Crippen MR) is 193 cm³/mol. The lowest BCUT2D eigenvalue weighted by Gasteiger charge is -2.11. The standard InChI is InChI=1S/C10H19O6P.C8H15O6P.C5H6O4.C5H6O3.C2H5O3P/c1-8(2)10(12)16-7-9(11)5-3-4-6-17(13,14)15;1-2-8(9)14-6-5-13-4-3-7-15(10,11)12;1-3(5(8)9)2-4(6)7;1-3-2-4(6)8-5(3)7;1-2-6(3,4)5/h9,11H,1,3-7H2,2H3,(H2,13,14,15);2H,1,3-7H2,(H2,10,11,12);1-2H2,(H,6,7)(H,8,9);5,7H,1-2H2;2H,1H2,(H2,3,4,5). The van der Waals surface area contributed by atoms with E-state index < -0.39 is 71.4 Å². The number of ether oxygens (including phenoxy) is 4. The fourth-order valence-corrected chi connectivity index (χ4v) is 3.77. The van der Waals surface area contributed by atoms with Crippen LogP contribution in [0.4, 0.5) is 0 Å². The molecule has 0 saturated carbocycles. The minimum Gasteiger partial charge on any atom is -0.481 e. The Balaban J connectivity index is -0.000000310. The lowest BCUT2D eigenvalue weighted by atomic mass is 10.2. The molecular formula is C30H51O22P3. The third kappa shape index (κ3) is 48.4. The first-order chi connectivity index (χ1) is 25.0. The van der Waals surface area contributed by atoms with Gasteiger partial charge in [-0.3, -0.25) is 23.3 Å². The highest BCUT2D eigenvalue weighted by Gasteiger charge is 2.24. The molecule has 0 aromatic carbocycles. The molecule has 1 rings (SSSR count). The van der Waals surface area contributed by atoms with Crippen LogP contribution in [0.15, 0.2) is 61.5 Å². The van der Waals surface area contributed by atoms with Gasteiger partial charge in [-0.25, -0.2) is 14.4 Å². The maximum absolute atomic E-state index is 11.0. The second kappa shape index (κ2) is 31.6. The van der Waals surface area contributed by atoms with Crippen molar-refractivity contribution in [3.63, 3.8) is 0 Å². The summed E-state index contributed by atoms with van der Waals surface area (Å²) in [5, 5.41) is 34.1. The molecule has 0 bridgehead atoms. The maximum Gasteiger partial charge on any atom is 0.348 e. The number of carboxylic acids is 2. The molecule has 1 saturated heterocycles. The number of aliphatic hydroxyl groups excluding tert-OH is 2. The normalized spacial score (nSPS) is 13.8. The third-order valence-electron chi connectivity index (χ3n) is 5.24. The topological polar surface area (TPSA) is 376 Å². The van der Waals surface area contributed by atoms with Crippen LogP contribution < -0.4 is 0 Å². The van der Waals surface area contributed by atoms with Crippen molar-refractivity contribution in [2.45, 2.75) is 57.8 Å². The molecule has 2 unspecified atom stereocenters. The number of unbranched alkanes of at least 4 members (excludes halogenated alkanes) is 1. The van der Waals surface area contributed by atoms with Gasteiger partial charge in [0.25, 0.3) is 0 Å². The van der Waals surface area contributed by atoms with Crippen molar-refractivity contribution in [1.29, 1.82) is 0 Å². The molecule has 0 aromatic heterocycles. The highest BCUT2D eigenvalue weighted by Crippen LogP contribution is 2.36. The summed E-state index contributed by atoms with van der Waals surface area (Å²) in [6, 6.07) is 0. The number of carbonyl (C=O) groups excluding carboxylic acids is 3. The van der Waals surface area contributed by atoms with Crippen LogP contribution >= 0.6 is 22.8 Å². The second-order valence-electron chi connectivity index (χ2n) is 10.6. The fourth-order valence-electron chi connectivity index (χ4n) is 2.59. The zero-order chi connectivity index (χ0) is 44.0. The average molecular weight is 857 g/mol. The van der Waals surface area contributed by atoms with E-state index in [2.05, 4.69) is 42.4 Å². The van der Waals surface area contributed by atoms with Gasteiger partial charge in [0.05, 0.1) is 31.7 Å². The van der Waals surface area contributed by atoms with Gasteiger partial charge >= 0.3 is 52.6 Å². The molecular weight excluding hydrogens is 805 g/mol. The van der Waals surface area contributed by atoms with Gasteiger partial charge in [0, 0.05) is 41.4 Å². The first-order valence-electron chi connectivity index (χ1n) is 15.3. The first-order valence-corrected chi connectivity index (χ1v) is 20.6. The Kier molecular flexibility index (Phi) is 33.3. The summed E-state index contributed by atoms with van der Waals surface area (Å²) in [7, 11) is -11.8. The Morgan fingerprint density at radius 1 is 0.891 bits per heavy atom. The number of carbonyl (C=O) groups is 5. The van der Waals surface area contributed by atoms with Crippen LogP contribution in [0.25, 0.3) is 0 Å². The van der Waals surface area contributed by atoms with E-state index in [0.29, 0.717) is 30.7 Å². The summed E-state index contributed by atoms with van der Waals surface area (Å²) in [5.74, 6) is -3.32. The van der Waals surface area contributed by atoms with Gasteiger partial charge in [0.2, 0.25) is 6.29 Å². The first kappa shape index (κ1) is 58.1. The summed E-state index contributed by atoms with van der Waals surface area (Å²) in [4.78, 5) is 101. The molecule has 0 spiro atoms. The predicted octanol–water partition coefficient (Wildman–Crippen LogP) is 1.33. The van der Waals surface area contributed by atoms with Crippen molar-refractivity contribution in [2.75, 3.05) is 38.8 Å². The number of esters is 3. The lowest BCUT2D eigenvalue weighted by molar-refractivity contribution is -0.152. The van der Waals surface area contributed by atoms with E-state index in [9.17, 15) is 42.8 Å². The molecule has 55 heavy (non-hydrogen) atoms. The van der Waals surface area contributed by atoms with Crippen molar-refractivity contribution in [1.82, 2.24) is 0 Å². The zero-order valence-electron chi connectivity index (χ0n) is 30.0. The number of cyclic esters (lactones) is 1. The molecule has 1 aliphatic heterocycles. The quantitative estimate of drug-likeness (QED) is 0.0206. The molecule has 1 fully saturated rings. The van der Waals surface area contributed by atoms with E-state index in [4.69, 9.17) is 54.2 Å². The molecule has 318 valence electrons. The molecule has 25 heteroatoms. The summed E-state index contributed by atoms with van der Waals surface area (Å²) >= 11 is 0. The van der Waals surface area contributed by atoms with Crippen LogP contribution in [0.3, 0.4) is 0 Å². The van der Waals surface area contributed by atoms with E-state index >= 15 is 0 Å². The van der Waals surface area contributed by atoms with Gasteiger partial charge in [-0.05, 0) is 26.2 Å². The summed E-state index contributed by atoms with van der Waals surface area (Å²) < 4.78 is 49.1. The molecule has 1 heterocycles. The lowest BCUT2D eigenvalue weighted by Crippen LogP contribution is -2.18. The van der Waals surface area contributed by atoms with Crippen molar-refractivity contribution in [3.05, 3.63) is 61.5 Å². The number of aliphatic hydroxyl groups is 2. The monoisotopic (exact) mass is 856 g/mol. The molecule has 0 aliphatic carbocycles. The molecule has 0 amide bonds. The third-order valence-corrected chi connectivity index (χ3v) is 7.51. The van der Waals surface area contributed by atoms with Gasteiger partial charge in [0.15, 0.2) is 0 Å². The molecule has 0 radical (unpaired) electrons. The van der Waals surface area contributed by atoms with Gasteiger partial charge in [-0.2, -0.15) is 0 Å². The van der Waals surface area contributed by atoms with Gasteiger partial charge in [0.1, 0.15) is 13.2 Å². The van der Waals surface area contributed by atoms with Gasteiger partial charge < -0.3 is 68.7 Å². The number of carboxylic acid groups (broad SMARTS) is 2. The number of aliphatic carboxylic acids is 2. The van der Waals surface area contributed by atoms with E-state index in [0.717, 1.165) is 6.08 Å². The molecule has 0 aromatic rings. The van der Waals surface area contributed by atoms with Crippen LogP contribution in [-0.2, 0) is 56.6 Å². The fraction of sp³-hybridized carbons (Fsp3) is 0.500. The van der Waals surface area contributed by atoms with E-state index in [-0.39, 0.29) is 62.7 Å². The Bertz CT molecular complexity index is 1420. The Hall–Kier alpha value is -3.62. The number of hydrogen-bond acceptors (Lipinski definition) is 14. The smallest absolute Gasteiger partial charge is 0.348 e. The highest BCUT2D eigenvalue weighted by molar-refractivity contribution is 7.55. The van der Waals surface area contributed by atoms with Crippen LogP contribution in [0.1, 0.15) is 45.4 Å². The maximum atomic E-state index is 11.0. The van der Waals surface area contributed by atoms with E-state index in [1.807, 2.05) is 0 Å². The molecule has 10 N–H and O–H groups in total. The van der Waals surface area contributed by atoms with Crippen molar-refractivity contribution in [3.8, 4) is 0 Å². The minimum atomic E-state index is -3.95. The van der Waals surface area contributed by atoms with Crippen LogP contribution in [0.2, 0.25) is 0 Å². The Labute approximate surface area is 316 Å². The van der Waals surface area contributed by atoms with Gasteiger partial charge in [-0.15, -0.1) is 0 Å². The zero-order valence-corrected chi connectivity index (χ0v) is 32.7. The van der Waals surface area contributed by atoms with E-state index in [1.165, 1.54) is 6.92 Å². The van der Waals surface area contributed by atoms with Crippen molar-refractivity contribution < 1.29 is 106 Å². The molecule has 22 nitrogen and oxygen atoms in total. The van der Waals surface area contributed by atoms with E-state index in [1.54, 1.807) is 0 Å². The van der Waals surface area contributed by atoms with Crippen molar-refractivity contribution in [2.24, 2.45) is 0 Å². The van der Waals surface area contributed by atoms with Crippen molar-refractivity contribution >= 4 is 52.6 Å². The Morgan fingerprint density at radius 2 is 1.40 bits per heavy atom. The largest absolute Gasteiger partial charge is 0.481 e. The van der Waals surface area contributed by atoms with Gasteiger partial charge in [-0.1, -0.05) is 39.3 Å². The molecule has 2 atom stereocenters. The number of rotatable bonds is 20. The van der Waals surface area contributed by atoms with Crippen LogP contribution in [-0.4, -0.2) is 131 Å². The summed E-state index contributed by atoms with van der Waals surface area (Å²) in [6.07, 6.45) is -0.136. The van der Waals surface area contributed by atoms with Crippen LogP contribution in [0, 0.1) is 0 Å². The average Bonchev–Trinajstić information content (AvgIpc) is 3.34. The summed E-state index contributed by atoms with van der Waals surface area (Å²) in [6.45, 7) is 17.8. The second-order valence-corrected chi connectivity index (χ2v) is 15.7. The minimum absolute atomic E-state index is 0.112. The summed E-state index contributed by atoms with van der Waals surface area (Å²) in [5.41, 5.74) is 0.399. The SMILES string of the molecule is C=C(C)C(=O)OCC(O)CCCCP(=O)(O)O.C=C(CC(=O)O)C(=O)O.C=C1CC(=O)OC1O.C=CC(=O)OCCOCCCP(=O)(O)O.C=CP(=O)(O)O. The number of hydrogen-bond donors (Lipinski definition) is 10. The Morgan fingerprint density at radius 3 is 1.73 bits per heavy atom.